The van der Waals surface area contributed by atoms with Gasteiger partial charge < -0.3 is 25.0 Å². The molecular formula is C26H45IN4O2. The molecule has 2 unspecified atom stereocenters. The van der Waals surface area contributed by atoms with Gasteiger partial charge in [-0.1, -0.05) is 26.0 Å². The van der Waals surface area contributed by atoms with Crippen molar-refractivity contribution >= 4 is 29.9 Å². The number of hydrogen-bond acceptors (Lipinski definition) is 4. The Hall–Kier alpha value is -1.06. The van der Waals surface area contributed by atoms with Crippen LogP contribution in [0.3, 0.4) is 0 Å². The summed E-state index contributed by atoms with van der Waals surface area (Å²) in [6, 6.07) is 6.42. The van der Waals surface area contributed by atoms with E-state index < -0.39 is 0 Å². The first kappa shape index (κ1) is 28.2. The van der Waals surface area contributed by atoms with Gasteiger partial charge in [-0.2, -0.15) is 0 Å². The fourth-order valence-electron chi connectivity index (χ4n) is 4.60. The Kier molecular flexibility index (Phi) is 12.8. The number of nitrogens with zero attached hydrogens (tertiary/aromatic N) is 2. The highest BCUT2D eigenvalue weighted by Gasteiger charge is 2.21. The van der Waals surface area contributed by atoms with Crippen LogP contribution < -0.4 is 15.4 Å². The first-order valence-electron chi connectivity index (χ1n) is 12.6. The molecule has 0 spiro atoms. The second-order valence-corrected chi connectivity index (χ2v) is 9.89. The minimum Gasteiger partial charge on any atom is -0.493 e. The lowest BCUT2D eigenvalue weighted by Crippen LogP contribution is -2.45. The zero-order chi connectivity index (χ0) is 22.8. The van der Waals surface area contributed by atoms with Crippen LogP contribution in [0.25, 0.3) is 0 Å². The van der Waals surface area contributed by atoms with Gasteiger partial charge in [-0.3, -0.25) is 0 Å². The molecule has 0 bridgehead atoms. The largest absolute Gasteiger partial charge is 0.493 e. The Bertz CT molecular complexity index is 722. The molecule has 0 radical (unpaired) electrons. The minimum absolute atomic E-state index is 0. The quantitative estimate of drug-likeness (QED) is 0.247. The van der Waals surface area contributed by atoms with Crippen molar-refractivity contribution in [3.63, 3.8) is 0 Å². The lowest BCUT2D eigenvalue weighted by Gasteiger charge is -2.34. The van der Waals surface area contributed by atoms with Crippen LogP contribution in [0.2, 0.25) is 0 Å². The van der Waals surface area contributed by atoms with Crippen molar-refractivity contribution in [1.29, 1.82) is 0 Å². The predicted molar refractivity (Wildman–Crippen MR) is 148 cm³/mol. The van der Waals surface area contributed by atoms with Crippen molar-refractivity contribution in [2.24, 2.45) is 22.7 Å². The first-order chi connectivity index (χ1) is 15.5. The molecule has 0 aliphatic carbocycles. The first-order valence-corrected chi connectivity index (χ1v) is 12.6. The maximum atomic E-state index is 6.20. The maximum absolute atomic E-state index is 6.20. The summed E-state index contributed by atoms with van der Waals surface area (Å²) >= 11 is 0. The van der Waals surface area contributed by atoms with Crippen LogP contribution in [0.5, 0.6) is 5.75 Å². The number of likely N-dealkylation sites (tertiary alicyclic amines) is 1. The highest BCUT2D eigenvalue weighted by molar-refractivity contribution is 14.0. The van der Waals surface area contributed by atoms with Gasteiger partial charge >= 0.3 is 0 Å². The van der Waals surface area contributed by atoms with Gasteiger partial charge in [0.2, 0.25) is 0 Å². The van der Waals surface area contributed by atoms with Gasteiger partial charge in [0.15, 0.2) is 5.96 Å². The molecular weight excluding hydrogens is 527 g/mol. The molecule has 188 valence electrons. The van der Waals surface area contributed by atoms with E-state index in [1.54, 1.807) is 0 Å². The van der Waals surface area contributed by atoms with Crippen LogP contribution in [0.15, 0.2) is 23.2 Å². The highest BCUT2D eigenvalue weighted by atomic mass is 127. The third kappa shape index (κ3) is 9.99. The Labute approximate surface area is 218 Å². The Morgan fingerprint density at radius 1 is 1.24 bits per heavy atom. The van der Waals surface area contributed by atoms with Crippen LogP contribution in [-0.4, -0.2) is 63.4 Å². The average Bonchev–Trinajstić information content (AvgIpc) is 3.28. The van der Waals surface area contributed by atoms with Gasteiger partial charge in [0.25, 0.3) is 0 Å². The molecule has 3 rings (SSSR count). The summed E-state index contributed by atoms with van der Waals surface area (Å²) < 4.78 is 11.7. The fraction of sp³-hybridized carbons (Fsp3) is 0.731. The van der Waals surface area contributed by atoms with E-state index in [1.807, 2.05) is 0 Å². The molecule has 0 amide bonds. The normalized spacial score (nSPS) is 21.7. The average molecular weight is 573 g/mol. The van der Waals surface area contributed by atoms with Crippen LogP contribution in [0.1, 0.15) is 51.2 Å². The highest BCUT2D eigenvalue weighted by Crippen LogP contribution is 2.23. The summed E-state index contributed by atoms with van der Waals surface area (Å²) in [5.41, 5.74) is 2.34. The molecule has 2 aliphatic heterocycles. The summed E-state index contributed by atoms with van der Waals surface area (Å²) in [6.07, 6.45) is 3.67. The topological polar surface area (TPSA) is 58.1 Å². The molecule has 2 aliphatic rings. The van der Waals surface area contributed by atoms with Gasteiger partial charge in [-0.25, -0.2) is 4.99 Å². The van der Waals surface area contributed by atoms with E-state index in [2.05, 4.69) is 61.4 Å². The summed E-state index contributed by atoms with van der Waals surface area (Å²) in [5.74, 6) is 3.75. The molecule has 2 heterocycles. The number of aryl methyl sites for hydroxylation is 1. The van der Waals surface area contributed by atoms with Crippen LogP contribution >= 0.6 is 24.0 Å². The summed E-state index contributed by atoms with van der Waals surface area (Å²) in [5, 5.41) is 7.01. The van der Waals surface area contributed by atoms with Crippen LogP contribution in [0.4, 0.5) is 0 Å². The molecule has 2 fully saturated rings. The van der Waals surface area contributed by atoms with E-state index in [0.717, 1.165) is 55.9 Å². The number of benzene rings is 1. The van der Waals surface area contributed by atoms with Crippen LogP contribution in [-0.2, 0) is 11.3 Å². The number of ether oxygens (including phenoxy) is 2. The van der Waals surface area contributed by atoms with Crippen molar-refractivity contribution in [2.45, 2.75) is 53.5 Å². The number of halogens is 1. The summed E-state index contributed by atoms with van der Waals surface area (Å²) in [7, 11) is 0. The predicted octanol–water partition coefficient (Wildman–Crippen LogP) is 4.45. The fourth-order valence-corrected chi connectivity index (χ4v) is 4.60. The van der Waals surface area contributed by atoms with Crippen molar-refractivity contribution in [3.05, 3.63) is 29.3 Å². The van der Waals surface area contributed by atoms with E-state index in [-0.39, 0.29) is 24.0 Å². The van der Waals surface area contributed by atoms with Crippen molar-refractivity contribution in [3.8, 4) is 5.75 Å². The van der Waals surface area contributed by atoms with E-state index in [1.165, 1.54) is 38.0 Å². The van der Waals surface area contributed by atoms with Gasteiger partial charge in [0, 0.05) is 44.3 Å². The number of aliphatic imine (C=N–C) groups is 1. The minimum atomic E-state index is 0. The lowest BCUT2D eigenvalue weighted by molar-refractivity contribution is 0.159. The van der Waals surface area contributed by atoms with Crippen molar-refractivity contribution in [2.75, 3.05) is 52.5 Å². The molecule has 1 aromatic carbocycles. The molecule has 7 heteroatoms. The smallest absolute Gasteiger partial charge is 0.191 e. The monoisotopic (exact) mass is 572 g/mol. The summed E-state index contributed by atoms with van der Waals surface area (Å²) in [6.45, 7) is 17.3. The van der Waals surface area contributed by atoms with Gasteiger partial charge in [0.05, 0.1) is 19.8 Å². The second-order valence-electron chi connectivity index (χ2n) is 9.89. The van der Waals surface area contributed by atoms with E-state index in [0.29, 0.717) is 25.0 Å². The number of nitrogens with one attached hydrogen (secondary N) is 2. The molecule has 33 heavy (non-hydrogen) atoms. The second kappa shape index (κ2) is 15.0. The molecule has 1 aromatic rings. The number of rotatable bonds is 10. The lowest BCUT2D eigenvalue weighted by atomic mass is 9.97. The molecule has 2 N–H and O–H groups in total. The Morgan fingerprint density at radius 2 is 2.09 bits per heavy atom. The van der Waals surface area contributed by atoms with E-state index in [9.17, 15) is 0 Å². The zero-order valence-electron chi connectivity index (χ0n) is 21.1. The Balaban J connectivity index is 0.00000385. The third-order valence-electron chi connectivity index (χ3n) is 6.26. The molecule has 2 saturated heterocycles. The summed E-state index contributed by atoms with van der Waals surface area (Å²) in [4.78, 5) is 7.50. The maximum Gasteiger partial charge on any atom is 0.191 e. The van der Waals surface area contributed by atoms with Crippen LogP contribution in [0, 0.1) is 24.7 Å². The number of hydrogen-bond donors (Lipinski definition) is 2. The standard InChI is InChI=1S/C26H44N4O2.HI/c1-5-27-26(28-14-22-7-6-11-30(17-22)16-20(2)3)29-15-24-9-8-21(4)13-25(24)32-19-23-10-12-31-18-23;/h8-9,13,20,22-23H,5-7,10-12,14-19H2,1-4H3,(H2,27,28,29);1H. The van der Waals surface area contributed by atoms with Crippen molar-refractivity contribution < 1.29 is 9.47 Å². The molecule has 0 aromatic heterocycles. The van der Waals surface area contributed by atoms with Gasteiger partial charge in [0.1, 0.15) is 5.75 Å². The van der Waals surface area contributed by atoms with Crippen molar-refractivity contribution in [1.82, 2.24) is 15.5 Å². The Morgan fingerprint density at radius 3 is 2.82 bits per heavy atom. The molecule has 2 atom stereocenters. The number of piperidine rings is 1. The molecule has 0 saturated carbocycles. The third-order valence-corrected chi connectivity index (χ3v) is 6.26. The van der Waals surface area contributed by atoms with Gasteiger partial charge in [-0.05, 0) is 63.1 Å². The van der Waals surface area contributed by atoms with E-state index >= 15 is 0 Å². The SMILES string of the molecule is CCNC(=NCc1ccc(C)cc1OCC1CCOC1)NCC1CCCN(CC(C)C)C1.I. The van der Waals surface area contributed by atoms with E-state index in [4.69, 9.17) is 14.5 Å². The number of guanidine groups is 1. The molecule has 6 nitrogen and oxygen atoms in total. The zero-order valence-corrected chi connectivity index (χ0v) is 23.4. The van der Waals surface area contributed by atoms with Gasteiger partial charge in [-0.15, -0.1) is 24.0 Å².